The number of aromatic amines is 1. The number of alkyl halides is 3. The fraction of sp³-hybridized carbons (Fsp3) is 0.250. The largest absolute Gasteiger partial charge is 0.477 e. The van der Waals surface area contributed by atoms with Crippen molar-refractivity contribution in [3.63, 3.8) is 0 Å². The average Bonchev–Trinajstić information content (AvgIpc) is 2.96. The maximum Gasteiger partial charge on any atom is 0.417 e. The lowest BCUT2D eigenvalue weighted by atomic mass is 10.0. The molecule has 25 heavy (non-hydrogen) atoms. The minimum absolute atomic E-state index is 0.0546. The van der Waals surface area contributed by atoms with E-state index in [1.165, 1.54) is 6.07 Å². The van der Waals surface area contributed by atoms with Gasteiger partial charge in [0.25, 0.3) is 5.91 Å². The van der Waals surface area contributed by atoms with Crippen molar-refractivity contribution in [2.24, 2.45) is 0 Å². The number of nitrogens with zero attached hydrogens (tertiary/aromatic N) is 1. The van der Waals surface area contributed by atoms with Crippen molar-refractivity contribution in [2.75, 3.05) is 6.54 Å². The van der Waals surface area contributed by atoms with Crippen LogP contribution in [0.1, 0.15) is 37.7 Å². The minimum atomic E-state index is -4.79. The predicted octanol–water partition coefficient (Wildman–Crippen LogP) is 3.07. The maximum absolute atomic E-state index is 13.4. The zero-order valence-electron chi connectivity index (χ0n) is 12.7. The molecule has 2 heterocycles. The van der Waals surface area contributed by atoms with Crippen molar-refractivity contribution in [2.45, 2.75) is 19.1 Å². The number of aromatic carboxylic acids is 1. The van der Waals surface area contributed by atoms with E-state index in [0.717, 1.165) is 4.90 Å². The molecule has 1 aromatic carbocycles. The molecule has 0 unspecified atom stereocenters. The van der Waals surface area contributed by atoms with E-state index >= 15 is 0 Å². The summed E-state index contributed by atoms with van der Waals surface area (Å²) in [5.41, 5.74) is -0.886. The van der Waals surface area contributed by atoms with Crippen molar-refractivity contribution in [1.82, 2.24) is 9.88 Å². The second-order valence-electron chi connectivity index (χ2n) is 5.66. The molecule has 0 fully saturated rings. The lowest BCUT2D eigenvalue weighted by Crippen LogP contribution is -2.37. The smallest absolute Gasteiger partial charge is 0.417 e. The molecule has 9 heteroatoms. The molecule has 0 radical (unpaired) electrons. The fourth-order valence-electron chi connectivity index (χ4n) is 2.83. The molecule has 1 aliphatic heterocycles. The van der Waals surface area contributed by atoms with Gasteiger partial charge in [0.15, 0.2) is 0 Å². The number of amides is 1. The Bertz CT molecular complexity index is 858. The van der Waals surface area contributed by atoms with Gasteiger partial charge in [0.05, 0.1) is 17.7 Å². The molecule has 0 saturated heterocycles. The number of H-pyrrole nitrogens is 1. The summed E-state index contributed by atoms with van der Waals surface area (Å²) in [5, 5.41) is 8.97. The molecule has 2 aromatic rings. The van der Waals surface area contributed by atoms with E-state index < -0.39 is 35.0 Å². The molecule has 0 atom stereocenters. The van der Waals surface area contributed by atoms with Crippen LogP contribution in [0, 0.1) is 5.82 Å². The first kappa shape index (κ1) is 17.0. The first-order chi connectivity index (χ1) is 11.7. The van der Waals surface area contributed by atoms with Gasteiger partial charge in [-0.05, 0) is 36.2 Å². The predicted molar refractivity (Wildman–Crippen MR) is 77.6 cm³/mol. The van der Waals surface area contributed by atoms with E-state index in [2.05, 4.69) is 4.98 Å². The summed E-state index contributed by atoms with van der Waals surface area (Å²) in [6, 6.07) is 3.19. The van der Waals surface area contributed by atoms with Crippen LogP contribution in [0.25, 0.3) is 0 Å². The summed E-state index contributed by atoms with van der Waals surface area (Å²) in [6.07, 6.45) is -4.50. The zero-order valence-corrected chi connectivity index (χ0v) is 12.7. The molecular weight excluding hydrogens is 344 g/mol. The average molecular weight is 356 g/mol. The molecule has 3 rings (SSSR count). The van der Waals surface area contributed by atoms with E-state index in [1.807, 2.05) is 0 Å². The summed E-state index contributed by atoms with van der Waals surface area (Å²) < 4.78 is 52.6. The van der Waals surface area contributed by atoms with Gasteiger partial charge in [-0.2, -0.15) is 13.2 Å². The fourth-order valence-corrected chi connectivity index (χ4v) is 2.83. The molecule has 0 aliphatic carbocycles. The van der Waals surface area contributed by atoms with Gasteiger partial charge < -0.3 is 15.0 Å². The molecule has 132 valence electrons. The molecule has 1 amide bonds. The highest BCUT2D eigenvalue weighted by Gasteiger charge is 2.37. The summed E-state index contributed by atoms with van der Waals surface area (Å²) >= 11 is 0. The number of hydrogen-bond acceptors (Lipinski definition) is 2. The first-order valence-electron chi connectivity index (χ1n) is 7.27. The first-order valence-corrected chi connectivity index (χ1v) is 7.27. The zero-order chi connectivity index (χ0) is 18.4. The summed E-state index contributed by atoms with van der Waals surface area (Å²) in [4.78, 5) is 27.2. The third kappa shape index (κ3) is 3.21. The molecule has 0 saturated carbocycles. The Hall–Kier alpha value is -2.84. The summed E-state index contributed by atoms with van der Waals surface area (Å²) in [7, 11) is 0. The highest BCUT2D eigenvalue weighted by Crippen LogP contribution is 2.33. The van der Waals surface area contributed by atoms with E-state index in [0.29, 0.717) is 35.9 Å². The second kappa shape index (κ2) is 5.91. The van der Waals surface area contributed by atoms with Crippen molar-refractivity contribution < 1.29 is 32.3 Å². The van der Waals surface area contributed by atoms with Crippen molar-refractivity contribution >= 4 is 11.9 Å². The van der Waals surface area contributed by atoms with E-state index in [-0.39, 0.29) is 18.8 Å². The third-order valence-corrected chi connectivity index (χ3v) is 4.03. The Kier molecular flexibility index (Phi) is 4.02. The van der Waals surface area contributed by atoms with E-state index in [9.17, 15) is 27.2 Å². The van der Waals surface area contributed by atoms with Crippen LogP contribution in [-0.2, 0) is 19.1 Å². The number of benzene rings is 1. The molecule has 0 spiro atoms. The summed E-state index contributed by atoms with van der Waals surface area (Å²) in [6.45, 7) is 0.0335. The molecule has 1 aliphatic rings. The quantitative estimate of drug-likeness (QED) is 0.813. The van der Waals surface area contributed by atoms with Crippen molar-refractivity contribution in [3.8, 4) is 0 Å². The van der Waals surface area contributed by atoms with E-state index in [4.69, 9.17) is 5.11 Å². The standard InChI is InChI=1S/C16H12F4N2O3/c17-9-1-2-11(16(18,19)20)10(6-9)14(23)22-4-3-8-5-12(15(24)25)21-13(8)7-22/h1-2,5-6,21H,3-4,7H2,(H,24,25). The van der Waals surface area contributed by atoms with Gasteiger partial charge in [0.1, 0.15) is 11.5 Å². The molecule has 0 bridgehead atoms. The maximum atomic E-state index is 13.4. The van der Waals surface area contributed by atoms with E-state index in [1.54, 1.807) is 0 Å². The van der Waals surface area contributed by atoms with Gasteiger partial charge >= 0.3 is 12.1 Å². The Morgan fingerprint density at radius 3 is 2.56 bits per heavy atom. The van der Waals surface area contributed by atoms with Crippen LogP contribution in [0.3, 0.4) is 0 Å². The van der Waals surface area contributed by atoms with Gasteiger partial charge in [-0.1, -0.05) is 0 Å². The van der Waals surface area contributed by atoms with Crippen LogP contribution in [0.2, 0.25) is 0 Å². The van der Waals surface area contributed by atoms with Crippen LogP contribution in [0.15, 0.2) is 24.3 Å². The molecular formula is C16H12F4N2O3. The molecule has 1 aromatic heterocycles. The van der Waals surface area contributed by atoms with Gasteiger partial charge in [-0.3, -0.25) is 4.79 Å². The Balaban J connectivity index is 1.92. The Labute approximate surface area is 138 Å². The van der Waals surface area contributed by atoms with Gasteiger partial charge in [-0.15, -0.1) is 0 Å². The Morgan fingerprint density at radius 2 is 1.92 bits per heavy atom. The van der Waals surface area contributed by atoms with Crippen LogP contribution >= 0.6 is 0 Å². The number of carboxylic acids is 1. The monoisotopic (exact) mass is 356 g/mol. The second-order valence-corrected chi connectivity index (χ2v) is 5.66. The number of hydrogen-bond donors (Lipinski definition) is 2. The van der Waals surface area contributed by atoms with Gasteiger partial charge in [-0.25, -0.2) is 9.18 Å². The Morgan fingerprint density at radius 1 is 1.20 bits per heavy atom. The van der Waals surface area contributed by atoms with Crippen LogP contribution < -0.4 is 0 Å². The normalized spacial score (nSPS) is 14.3. The number of fused-ring (bicyclic) bond motifs is 1. The molecule has 2 N–H and O–H groups in total. The van der Waals surface area contributed by atoms with Gasteiger partial charge in [0, 0.05) is 12.2 Å². The topological polar surface area (TPSA) is 73.4 Å². The number of aromatic nitrogens is 1. The lowest BCUT2D eigenvalue weighted by Gasteiger charge is -2.28. The van der Waals surface area contributed by atoms with Gasteiger partial charge in [0.2, 0.25) is 0 Å². The van der Waals surface area contributed by atoms with Crippen LogP contribution in [0.4, 0.5) is 17.6 Å². The number of carbonyl (C=O) groups is 2. The lowest BCUT2D eigenvalue weighted by molar-refractivity contribution is -0.138. The van der Waals surface area contributed by atoms with Crippen LogP contribution in [-0.4, -0.2) is 33.4 Å². The third-order valence-electron chi connectivity index (χ3n) is 4.03. The van der Waals surface area contributed by atoms with Crippen molar-refractivity contribution in [1.29, 1.82) is 0 Å². The molecule has 5 nitrogen and oxygen atoms in total. The number of carboxylic acid groups (broad SMARTS) is 1. The summed E-state index contributed by atoms with van der Waals surface area (Å²) in [5.74, 6) is -3.07. The number of halogens is 4. The SMILES string of the molecule is O=C(O)c1cc2c([nH]1)CN(C(=O)c1cc(F)ccc1C(F)(F)F)CC2. The minimum Gasteiger partial charge on any atom is -0.477 e. The number of carbonyl (C=O) groups excluding carboxylic acids is 1. The highest BCUT2D eigenvalue weighted by molar-refractivity contribution is 5.96. The number of nitrogens with one attached hydrogen (secondary N) is 1. The van der Waals surface area contributed by atoms with Crippen molar-refractivity contribution in [3.05, 3.63) is 58.2 Å². The highest BCUT2D eigenvalue weighted by atomic mass is 19.4. The van der Waals surface area contributed by atoms with Crippen LogP contribution in [0.5, 0.6) is 0 Å². The number of rotatable bonds is 2.